The Balaban J connectivity index is 2.12. The van der Waals surface area contributed by atoms with Crippen molar-refractivity contribution in [3.05, 3.63) is 18.4 Å². The number of amides is 1. The Morgan fingerprint density at radius 1 is 1.19 bits per heavy atom. The highest BCUT2D eigenvalue weighted by Gasteiger charge is 2.51. The van der Waals surface area contributed by atoms with Crippen molar-refractivity contribution in [2.45, 2.75) is 64.3 Å². The zero-order valence-corrected chi connectivity index (χ0v) is 14.9. The van der Waals surface area contributed by atoms with Gasteiger partial charge in [0, 0.05) is 6.07 Å². The van der Waals surface area contributed by atoms with Crippen LogP contribution >= 0.6 is 0 Å². The van der Waals surface area contributed by atoms with E-state index in [1.807, 2.05) is 6.07 Å². The van der Waals surface area contributed by atoms with E-state index in [0.29, 0.717) is 29.1 Å². The molecule has 0 N–H and O–H groups in total. The summed E-state index contributed by atoms with van der Waals surface area (Å²) in [5, 5.41) is 0. The number of β-lactam (4-membered cyclic amide) rings is 1. The summed E-state index contributed by atoms with van der Waals surface area (Å²) >= 11 is 0. The third-order valence-corrected chi connectivity index (χ3v) is 10.8. The lowest BCUT2D eigenvalue weighted by Crippen LogP contribution is -2.63. The molecule has 1 amide bonds. The summed E-state index contributed by atoms with van der Waals surface area (Å²) in [6, 6.07) is 3.61. The lowest BCUT2D eigenvalue weighted by molar-refractivity contribution is -0.132. The Kier molecular flexibility index (Phi) is 4.63. The van der Waals surface area contributed by atoms with Crippen LogP contribution in [-0.4, -0.2) is 26.9 Å². The van der Waals surface area contributed by atoms with E-state index in [4.69, 9.17) is 8.84 Å². The van der Waals surface area contributed by atoms with E-state index < -0.39 is 8.32 Å². The van der Waals surface area contributed by atoms with Gasteiger partial charge >= 0.3 is 0 Å². The predicted octanol–water partition coefficient (Wildman–Crippen LogP) is 4.19. The summed E-state index contributed by atoms with van der Waals surface area (Å²) in [5.74, 6) is 0.648. The molecule has 1 fully saturated rings. The largest absolute Gasteiger partial charge is 0.448 e. The normalized spacial score (nSPS) is 19.8. The minimum Gasteiger partial charge on any atom is -0.448 e. The van der Waals surface area contributed by atoms with Gasteiger partial charge in [0.15, 0.2) is 0 Å². The Morgan fingerprint density at radius 2 is 1.76 bits per heavy atom. The Bertz CT molecular complexity index is 460. The molecule has 1 aromatic heterocycles. The average molecular weight is 309 g/mol. The van der Waals surface area contributed by atoms with Gasteiger partial charge in [0.25, 0.3) is 5.91 Å². The Hall–Kier alpha value is -1.07. The van der Waals surface area contributed by atoms with Crippen molar-refractivity contribution in [3.63, 3.8) is 0 Å². The molecule has 0 bridgehead atoms. The zero-order chi connectivity index (χ0) is 15.8. The molecule has 4 nitrogen and oxygen atoms in total. The molecule has 0 aliphatic carbocycles. The number of hydrogen-bond donors (Lipinski definition) is 0. The van der Waals surface area contributed by atoms with Crippen LogP contribution < -0.4 is 4.90 Å². The maximum absolute atomic E-state index is 12.4. The van der Waals surface area contributed by atoms with Gasteiger partial charge in [-0.15, -0.1) is 0 Å². The van der Waals surface area contributed by atoms with Crippen molar-refractivity contribution in [2.75, 3.05) is 11.4 Å². The fraction of sp³-hybridized carbons (Fsp3) is 0.688. The molecule has 0 radical (unpaired) electrons. The van der Waals surface area contributed by atoms with Crippen molar-refractivity contribution >= 4 is 20.1 Å². The molecule has 0 aromatic carbocycles. The van der Waals surface area contributed by atoms with E-state index in [0.717, 1.165) is 0 Å². The first-order valence-corrected chi connectivity index (χ1v) is 9.97. The molecule has 5 heteroatoms. The van der Waals surface area contributed by atoms with Gasteiger partial charge in [-0.25, -0.2) is 0 Å². The molecule has 2 heterocycles. The molecule has 0 spiro atoms. The van der Waals surface area contributed by atoms with Crippen molar-refractivity contribution in [1.29, 1.82) is 0 Å². The predicted molar refractivity (Wildman–Crippen MR) is 87.0 cm³/mol. The Labute approximate surface area is 128 Å². The van der Waals surface area contributed by atoms with Crippen LogP contribution in [0.2, 0.25) is 16.6 Å². The van der Waals surface area contributed by atoms with Crippen LogP contribution in [-0.2, 0) is 9.22 Å². The third-order valence-electron chi connectivity index (χ3n) is 4.72. The summed E-state index contributed by atoms with van der Waals surface area (Å²) in [4.78, 5) is 14.0. The molecule has 1 aliphatic rings. The quantitative estimate of drug-likeness (QED) is 0.584. The standard InChI is InChI=1S/C16H27NO3Si/c1-11(2)21(12(3)4,13(5)6)20-14-10-17(16(14)18)15-8-7-9-19-15/h7-9,11-14H,10H2,1-6H3. The number of rotatable bonds is 6. The number of furan rings is 1. The summed E-state index contributed by atoms with van der Waals surface area (Å²) in [6.45, 7) is 14.0. The molecule has 1 unspecified atom stereocenters. The van der Waals surface area contributed by atoms with Crippen LogP contribution in [0.4, 0.5) is 5.88 Å². The monoisotopic (exact) mass is 309 g/mol. The molecule has 1 aliphatic heterocycles. The lowest BCUT2D eigenvalue weighted by atomic mass is 10.1. The first-order chi connectivity index (χ1) is 9.80. The van der Waals surface area contributed by atoms with Crippen molar-refractivity contribution in [2.24, 2.45) is 0 Å². The second kappa shape index (κ2) is 5.97. The summed E-state index contributed by atoms with van der Waals surface area (Å²) in [6.07, 6.45) is 1.29. The van der Waals surface area contributed by atoms with E-state index >= 15 is 0 Å². The van der Waals surface area contributed by atoms with E-state index in [-0.39, 0.29) is 12.0 Å². The molecule has 2 rings (SSSR count). The van der Waals surface area contributed by atoms with E-state index in [1.54, 1.807) is 17.2 Å². The van der Waals surface area contributed by atoms with Crippen LogP contribution in [0.25, 0.3) is 0 Å². The zero-order valence-electron chi connectivity index (χ0n) is 13.9. The number of hydrogen-bond acceptors (Lipinski definition) is 3. The highest BCUT2D eigenvalue weighted by Crippen LogP contribution is 2.44. The second-order valence-electron chi connectivity index (χ2n) is 6.82. The fourth-order valence-electron chi connectivity index (χ4n) is 3.76. The van der Waals surface area contributed by atoms with Crippen LogP contribution in [0.15, 0.2) is 22.8 Å². The summed E-state index contributed by atoms with van der Waals surface area (Å²) < 4.78 is 11.8. The second-order valence-corrected chi connectivity index (χ2v) is 12.2. The van der Waals surface area contributed by atoms with Crippen LogP contribution in [0, 0.1) is 0 Å². The van der Waals surface area contributed by atoms with Crippen LogP contribution in [0.3, 0.4) is 0 Å². The number of carbonyl (C=O) groups excluding carboxylic acids is 1. The molecular formula is C16H27NO3Si. The number of carbonyl (C=O) groups is 1. The van der Waals surface area contributed by atoms with Gasteiger partial charge in [-0.05, 0) is 22.7 Å². The van der Waals surface area contributed by atoms with Gasteiger partial charge in [-0.2, -0.15) is 0 Å². The minimum atomic E-state index is -1.99. The fourth-order valence-corrected chi connectivity index (χ4v) is 9.24. The lowest BCUT2D eigenvalue weighted by Gasteiger charge is -2.48. The third kappa shape index (κ3) is 2.69. The van der Waals surface area contributed by atoms with Gasteiger partial charge in [-0.1, -0.05) is 41.5 Å². The molecule has 21 heavy (non-hydrogen) atoms. The highest BCUT2D eigenvalue weighted by molar-refractivity contribution is 6.77. The molecule has 1 aromatic rings. The van der Waals surface area contributed by atoms with Crippen LogP contribution in [0.1, 0.15) is 41.5 Å². The summed E-state index contributed by atoms with van der Waals surface area (Å²) in [7, 11) is -1.99. The van der Waals surface area contributed by atoms with Crippen molar-refractivity contribution in [1.82, 2.24) is 0 Å². The van der Waals surface area contributed by atoms with Gasteiger partial charge in [0.05, 0.1) is 12.8 Å². The number of anilines is 1. The molecule has 1 saturated heterocycles. The topological polar surface area (TPSA) is 42.7 Å². The maximum atomic E-state index is 12.4. The first kappa shape index (κ1) is 16.3. The minimum absolute atomic E-state index is 0.0313. The molecule has 1 atom stereocenters. The van der Waals surface area contributed by atoms with Gasteiger partial charge in [-0.3, -0.25) is 9.69 Å². The number of nitrogens with zero attached hydrogens (tertiary/aromatic N) is 1. The van der Waals surface area contributed by atoms with Crippen molar-refractivity contribution < 1.29 is 13.6 Å². The first-order valence-electron chi connectivity index (χ1n) is 7.83. The Morgan fingerprint density at radius 3 is 2.14 bits per heavy atom. The van der Waals surface area contributed by atoms with Crippen molar-refractivity contribution in [3.8, 4) is 0 Å². The van der Waals surface area contributed by atoms with Gasteiger partial charge in [0.1, 0.15) is 6.10 Å². The van der Waals surface area contributed by atoms with Gasteiger partial charge < -0.3 is 8.84 Å². The van der Waals surface area contributed by atoms with Gasteiger partial charge in [0.2, 0.25) is 14.2 Å². The SMILES string of the molecule is CC(C)[Si](OC1CN(c2ccco2)C1=O)(C(C)C)C(C)C. The molecule has 0 saturated carbocycles. The molecular weight excluding hydrogens is 282 g/mol. The molecule has 118 valence electrons. The van der Waals surface area contributed by atoms with E-state index in [9.17, 15) is 4.79 Å². The smallest absolute Gasteiger partial charge is 0.259 e. The van der Waals surface area contributed by atoms with E-state index in [1.165, 1.54) is 0 Å². The summed E-state index contributed by atoms with van der Waals surface area (Å²) in [5.41, 5.74) is 1.47. The average Bonchev–Trinajstić information content (AvgIpc) is 2.89. The highest BCUT2D eigenvalue weighted by atomic mass is 28.4. The van der Waals surface area contributed by atoms with Crippen LogP contribution in [0.5, 0.6) is 0 Å². The van der Waals surface area contributed by atoms with E-state index in [2.05, 4.69) is 41.5 Å². The maximum Gasteiger partial charge on any atom is 0.259 e.